The molecule has 0 aliphatic carbocycles. The molecule has 0 saturated heterocycles. The molecule has 1 amide bonds. The van der Waals surface area contributed by atoms with Crippen LogP contribution in [0, 0.1) is 6.92 Å². The van der Waals surface area contributed by atoms with Gasteiger partial charge in [-0.3, -0.25) is 10.1 Å². The van der Waals surface area contributed by atoms with E-state index in [0.29, 0.717) is 28.7 Å². The molecule has 0 atom stereocenters. The highest BCUT2D eigenvalue weighted by Crippen LogP contribution is 2.39. The highest BCUT2D eigenvalue weighted by Gasteiger charge is 2.15. The van der Waals surface area contributed by atoms with E-state index in [9.17, 15) is 4.79 Å². The van der Waals surface area contributed by atoms with Gasteiger partial charge in [0.2, 0.25) is 6.41 Å². The fourth-order valence-corrected chi connectivity index (χ4v) is 3.16. The van der Waals surface area contributed by atoms with Crippen LogP contribution in [0.4, 0.5) is 5.69 Å². The van der Waals surface area contributed by atoms with Gasteiger partial charge in [-0.25, -0.2) is 9.98 Å². The summed E-state index contributed by atoms with van der Waals surface area (Å²) < 4.78 is 6.28. The Hall–Kier alpha value is -2.93. The number of nitrogens with one attached hydrogen (secondary N) is 1. The van der Waals surface area contributed by atoms with Crippen molar-refractivity contribution in [2.75, 3.05) is 7.11 Å². The molecule has 26 heavy (non-hydrogen) atoms. The highest BCUT2D eigenvalue weighted by atomic mass is 79.9. The number of hydrogen-bond donors (Lipinski definition) is 2. The minimum atomic E-state index is -0.00902. The number of carbonyl (C=O) groups is 1. The maximum Gasteiger partial charge on any atom is 0.213 e. The van der Waals surface area contributed by atoms with Crippen molar-refractivity contribution in [1.29, 1.82) is 0 Å². The third-order valence-corrected chi connectivity index (χ3v) is 4.58. The highest BCUT2D eigenvalue weighted by molar-refractivity contribution is 9.10. The number of pyridine rings is 1. The van der Waals surface area contributed by atoms with Crippen LogP contribution in [0.5, 0.6) is 5.75 Å². The summed E-state index contributed by atoms with van der Waals surface area (Å²) >= 11 is 3.55. The Balaban J connectivity index is 2.37. The number of aromatic nitrogens is 1. The molecular weight excluding hydrogens is 396 g/mol. The number of aliphatic imine (C=N–C) groups is 1. The number of fused-ring (bicyclic) bond motifs is 1. The van der Waals surface area contributed by atoms with Crippen molar-refractivity contribution in [2.45, 2.75) is 6.92 Å². The lowest BCUT2D eigenvalue weighted by Crippen LogP contribution is -2.29. The molecule has 0 saturated carbocycles. The number of ether oxygens (including phenoxy) is 1. The first-order chi connectivity index (χ1) is 12.5. The molecule has 1 heterocycles. The van der Waals surface area contributed by atoms with E-state index >= 15 is 0 Å². The second kappa shape index (κ2) is 7.53. The number of benzene rings is 2. The van der Waals surface area contributed by atoms with Gasteiger partial charge in [0, 0.05) is 10.0 Å². The van der Waals surface area contributed by atoms with Gasteiger partial charge in [-0.05, 0) is 46.6 Å². The predicted octanol–water partition coefficient (Wildman–Crippen LogP) is 3.67. The van der Waals surface area contributed by atoms with Gasteiger partial charge in [-0.2, -0.15) is 0 Å². The van der Waals surface area contributed by atoms with Crippen LogP contribution in [-0.2, 0) is 4.79 Å². The van der Waals surface area contributed by atoms with Gasteiger partial charge in [0.05, 0.1) is 29.4 Å². The Kier molecular flexibility index (Phi) is 5.18. The molecule has 0 bridgehead atoms. The van der Waals surface area contributed by atoms with Gasteiger partial charge in [-0.15, -0.1) is 0 Å². The molecule has 0 fully saturated rings. The van der Waals surface area contributed by atoms with E-state index in [-0.39, 0.29) is 5.96 Å². The summed E-state index contributed by atoms with van der Waals surface area (Å²) in [6, 6.07) is 13.5. The fourth-order valence-electron chi connectivity index (χ4n) is 2.74. The normalized spacial score (nSPS) is 11.4. The monoisotopic (exact) mass is 412 g/mol. The fraction of sp³-hybridized carbons (Fsp3) is 0.105. The van der Waals surface area contributed by atoms with E-state index in [2.05, 4.69) is 26.2 Å². The van der Waals surface area contributed by atoms with Crippen molar-refractivity contribution in [2.24, 2.45) is 10.7 Å². The molecule has 3 rings (SSSR count). The quantitative estimate of drug-likeness (QED) is 0.388. The number of guanidine groups is 1. The molecule has 3 N–H and O–H groups in total. The average Bonchev–Trinajstić information content (AvgIpc) is 2.63. The Labute approximate surface area is 159 Å². The lowest BCUT2D eigenvalue weighted by atomic mass is 10.0. The van der Waals surface area contributed by atoms with Crippen LogP contribution in [0.2, 0.25) is 0 Å². The van der Waals surface area contributed by atoms with Crippen molar-refractivity contribution in [1.82, 2.24) is 10.3 Å². The zero-order valence-electron chi connectivity index (χ0n) is 14.3. The van der Waals surface area contributed by atoms with Gasteiger partial charge < -0.3 is 10.5 Å². The summed E-state index contributed by atoms with van der Waals surface area (Å²) in [5.74, 6) is 0.606. The molecule has 0 unspecified atom stereocenters. The van der Waals surface area contributed by atoms with Crippen LogP contribution < -0.4 is 15.8 Å². The zero-order valence-corrected chi connectivity index (χ0v) is 15.9. The van der Waals surface area contributed by atoms with Crippen molar-refractivity contribution in [3.05, 3.63) is 52.5 Å². The Morgan fingerprint density at radius 3 is 2.77 bits per heavy atom. The number of rotatable bonds is 4. The first-order valence-corrected chi connectivity index (χ1v) is 8.62. The third kappa shape index (κ3) is 3.39. The molecule has 1 aromatic heterocycles. The number of nitrogens with zero attached hydrogens (tertiary/aromatic N) is 2. The first-order valence-electron chi connectivity index (χ1n) is 7.82. The van der Waals surface area contributed by atoms with Gasteiger partial charge >= 0.3 is 0 Å². The van der Waals surface area contributed by atoms with E-state index in [1.807, 2.05) is 49.4 Å². The molecule has 7 heteroatoms. The van der Waals surface area contributed by atoms with E-state index in [4.69, 9.17) is 15.5 Å². The number of nitrogens with two attached hydrogens (primary N) is 1. The maximum atomic E-state index is 10.7. The number of methoxy groups -OCH3 is 1. The maximum absolute atomic E-state index is 10.7. The lowest BCUT2D eigenvalue weighted by molar-refractivity contribution is -0.108. The zero-order chi connectivity index (χ0) is 18.7. The van der Waals surface area contributed by atoms with Crippen molar-refractivity contribution in [3.8, 4) is 17.0 Å². The van der Waals surface area contributed by atoms with Crippen LogP contribution in [0.1, 0.15) is 5.56 Å². The summed E-state index contributed by atoms with van der Waals surface area (Å²) in [5, 5.41) is 3.06. The molecular formula is C19H17BrN4O2. The lowest BCUT2D eigenvalue weighted by Gasteiger charge is -2.13. The Morgan fingerprint density at radius 1 is 1.31 bits per heavy atom. The molecule has 6 nitrogen and oxygen atoms in total. The molecule has 132 valence electrons. The Bertz CT molecular complexity index is 1020. The minimum absolute atomic E-state index is 0.00902. The van der Waals surface area contributed by atoms with Crippen molar-refractivity contribution >= 4 is 44.9 Å². The topological polar surface area (TPSA) is 89.6 Å². The van der Waals surface area contributed by atoms with Gasteiger partial charge in [-0.1, -0.05) is 24.3 Å². The molecule has 0 radical (unpaired) electrons. The largest absolute Gasteiger partial charge is 0.496 e. The standard InChI is InChI=1S/C19H17BrN4O2/c1-11-5-3-4-6-12(11)14-9-15(24-19(21)22-10-25)17-16(26-2)8-7-13(20)18(17)23-14/h3-10H,1-2H3,(H3,21,22,23,24,25). The molecule has 0 aliphatic heterocycles. The van der Waals surface area contributed by atoms with Gasteiger partial charge in [0.25, 0.3) is 0 Å². The summed E-state index contributed by atoms with van der Waals surface area (Å²) in [6.07, 6.45) is 0.484. The van der Waals surface area contributed by atoms with Crippen LogP contribution in [0.25, 0.3) is 22.2 Å². The van der Waals surface area contributed by atoms with Crippen LogP contribution >= 0.6 is 15.9 Å². The summed E-state index contributed by atoms with van der Waals surface area (Å²) in [5.41, 5.74) is 9.87. The van der Waals surface area contributed by atoms with Gasteiger partial charge in [0.15, 0.2) is 5.96 Å². The first kappa shape index (κ1) is 17.9. The number of amides is 1. The Morgan fingerprint density at radius 2 is 2.08 bits per heavy atom. The van der Waals surface area contributed by atoms with E-state index in [1.54, 1.807) is 7.11 Å². The van der Waals surface area contributed by atoms with Crippen molar-refractivity contribution < 1.29 is 9.53 Å². The smallest absolute Gasteiger partial charge is 0.213 e. The summed E-state index contributed by atoms with van der Waals surface area (Å²) in [6.45, 7) is 2.02. The molecule has 2 aromatic carbocycles. The van der Waals surface area contributed by atoms with Gasteiger partial charge in [0.1, 0.15) is 5.75 Å². The summed E-state index contributed by atoms with van der Waals surface area (Å²) in [7, 11) is 1.58. The summed E-state index contributed by atoms with van der Waals surface area (Å²) in [4.78, 5) is 19.8. The van der Waals surface area contributed by atoms with E-state index < -0.39 is 0 Å². The van der Waals surface area contributed by atoms with Crippen LogP contribution in [0.15, 0.2) is 51.9 Å². The molecule has 3 aromatic rings. The second-order valence-electron chi connectivity index (χ2n) is 5.57. The average molecular weight is 413 g/mol. The minimum Gasteiger partial charge on any atom is -0.496 e. The number of aryl methyl sites for hydroxylation is 1. The second-order valence-corrected chi connectivity index (χ2v) is 6.43. The molecule has 0 aliphatic rings. The van der Waals surface area contributed by atoms with Crippen LogP contribution in [-0.4, -0.2) is 24.5 Å². The number of halogens is 1. The molecule has 0 spiro atoms. The number of carbonyl (C=O) groups excluding carboxylic acids is 1. The van der Waals surface area contributed by atoms with Crippen molar-refractivity contribution in [3.63, 3.8) is 0 Å². The third-order valence-electron chi connectivity index (χ3n) is 3.94. The van der Waals surface area contributed by atoms with E-state index in [0.717, 1.165) is 21.3 Å². The van der Waals surface area contributed by atoms with E-state index in [1.165, 1.54) is 0 Å². The SMILES string of the molecule is COc1ccc(Br)c2nc(-c3ccccc3C)cc(N=C(N)NC=O)c12. The van der Waals surface area contributed by atoms with Crippen LogP contribution in [0.3, 0.4) is 0 Å². The predicted molar refractivity (Wildman–Crippen MR) is 107 cm³/mol. The number of hydrogen-bond acceptors (Lipinski definition) is 4.